The third-order valence-corrected chi connectivity index (χ3v) is 4.59. The van der Waals surface area contributed by atoms with Crippen LogP contribution in [0.15, 0.2) is 24.3 Å². The minimum atomic E-state index is -3.26. The maximum atomic E-state index is 11.9. The Balaban J connectivity index is 0.00000288. The zero-order chi connectivity index (χ0) is 16.7. The van der Waals surface area contributed by atoms with E-state index >= 15 is 0 Å². The van der Waals surface area contributed by atoms with Gasteiger partial charge in [0.05, 0.1) is 6.26 Å². The lowest BCUT2D eigenvalue weighted by Crippen LogP contribution is -2.29. The van der Waals surface area contributed by atoms with Crippen LogP contribution in [0.3, 0.4) is 0 Å². The van der Waals surface area contributed by atoms with E-state index in [0.29, 0.717) is 24.6 Å². The highest BCUT2D eigenvalue weighted by molar-refractivity contribution is 7.92. The van der Waals surface area contributed by atoms with Crippen molar-refractivity contribution in [2.45, 2.75) is 32.2 Å². The second-order valence-electron chi connectivity index (χ2n) is 6.08. The van der Waals surface area contributed by atoms with Gasteiger partial charge in [-0.2, -0.15) is 0 Å². The number of halogens is 1. The second kappa shape index (κ2) is 9.86. The van der Waals surface area contributed by atoms with Crippen molar-refractivity contribution in [2.24, 2.45) is 5.92 Å². The van der Waals surface area contributed by atoms with E-state index in [1.54, 1.807) is 24.3 Å². The molecule has 2 rings (SSSR count). The van der Waals surface area contributed by atoms with Gasteiger partial charge in [-0.1, -0.05) is 12.1 Å². The topological polar surface area (TPSA) is 87.3 Å². The Hall–Kier alpha value is -1.31. The van der Waals surface area contributed by atoms with Gasteiger partial charge in [0, 0.05) is 18.7 Å². The van der Waals surface area contributed by atoms with Crippen LogP contribution in [-0.4, -0.2) is 33.7 Å². The van der Waals surface area contributed by atoms with E-state index in [1.165, 1.54) is 0 Å². The number of hydrogen-bond donors (Lipinski definition) is 3. The number of nitrogens with one attached hydrogen (secondary N) is 3. The van der Waals surface area contributed by atoms with Gasteiger partial charge >= 0.3 is 0 Å². The number of rotatable bonds is 7. The average Bonchev–Trinajstić information content (AvgIpc) is 2.52. The molecule has 136 valence electrons. The molecule has 1 heterocycles. The molecular weight excluding hydrogens is 350 g/mol. The molecule has 0 spiro atoms. The number of carbonyl (C=O) groups excluding carboxylic acids is 1. The van der Waals surface area contributed by atoms with Crippen LogP contribution in [0.4, 0.5) is 5.69 Å². The lowest BCUT2D eigenvalue weighted by atomic mass is 9.93. The first-order valence-electron chi connectivity index (χ1n) is 7.96. The molecule has 0 atom stereocenters. The minimum Gasteiger partial charge on any atom is -0.352 e. The monoisotopic (exact) mass is 375 g/mol. The van der Waals surface area contributed by atoms with Gasteiger partial charge in [0.1, 0.15) is 0 Å². The molecule has 8 heteroatoms. The third kappa shape index (κ3) is 7.99. The molecule has 0 aliphatic carbocycles. The summed E-state index contributed by atoms with van der Waals surface area (Å²) in [7, 11) is -3.26. The van der Waals surface area contributed by atoms with E-state index in [0.717, 1.165) is 44.2 Å². The molecule has 0 bridgehead atoms. The molecule has 1 aliphatic heterocycles. The first-order valence-corrected chi connectivity index (χ1v) is 9.86. The van der Waals surface area contributed by atoms with E-state index < -0.39 is 10.0 Å². The fraction of sp³-hybridized carbons (Fsp3) is 0.562. The predicted molar refractivity (Wildman–Crippen MR) is 98.8 cm³/mol. The van der Waals surface area contributed by atoms with Gasteiger partial charge in [0.25, 0.3) is 0 Å². The highest BCUT2D eigenvalue weighted by Crippen LogP contribution is 2.17. The fourth-order valence-corrected chi connectivity index (χ4v) is 3.26. The molecule has 0 radical (unpaired) electrons. The summed E-state index contributed by atoms with van der Waals surface area (Å²) in [6, 6.07) is 7.00. The Morgan fingerprint density at radius 2 is 1.83 bits per heavy atom. The SMILES string of the molecule is CS(=O)(=O)Nc1ccc(CNC(=O)CCC2CCNCC2)cc1.Cl. The summed E-state index contributed by atoms with van der Waals surface area (Å²) in [4.78, 5) is 11.9. The number of hydrogen-bond acceptors (Lipinski definition) is 4. The second-order valence-corrected chi connectivity index (χ2v) is 7.83. The minimum absolute atomic E-state index is 0. The standard InChI is InChI=1S/C16H25N3O3S.ClH/c1-23(21,22)19-15-5-2-14(3-6-15)12-18-16(20)7-4-13-8-10-17-11-9-13;/h2-3,5-6,13,17,19H,4,7-12H2,1H3,(H,18,20);1H. The van der Waals surface area contributed by atoms with Crippen molar-refractivity contribution in [3.63, 3.8) is 0 Å². The van der Waals surface area contributed by atoms with Gasteiger partial charge in [0.15, 0.2) is 0 Å². The fourth-order valence-electron chi connectivity index (χ4n) is 2.70. The van der Waals surface area contributed by atoms with E-state index in [9.17, 15) is 13.2 Å². The van der Waals surface area contributed by atoms with Crippen molar-refractivity contribution >= 4 is 34.0 Å². The summed E-state index contributed by atoms with van der Waals surface area (Å²) in [6.07, 6.45) is 4.94. The van der Waals surface area contributed by atoms with Crippen molar-refractivity contribution in [3.05, 3.63) is 29.8 Å². The molecule has 1 aliphatic rings. The maximum absolute atomic E-state index is 11.9. The van der Waals surface area contributed by atoms with Crippen LogP contribution in [0, 0.1) is 5.92 Å². The smallest absolute Gasteiger partial charge is 0.229 e. The number of benzene rings is 1. The molecule has 0 saturated carbocycles. The van der Waals surface area contributed by atoms with Crippen LogP contribution in [0.5, 0.6) is 0 Å². The van der Waals surface area contributed by atoms with Gasteiger partial charge in [0.2, 0.25) is 15.9 Å². The quantitative estimate of drug-likeness (QED) is 0.679. The maximum Gasteiger partial charge on any atom is 0.229 e. The number of anilines is 1. The Labute approximate surface area is 150 Å². The molecule has 24 heavy (non-hydrogen) atoms. The Morgan fingerprint density at radius 3 is 2.42 bits per heavy atom. The van der Waals surface area contributed by atoms with E-state index in [4.69, 9.17) is 0 Å². The zero-order valence-corrected chi connectivity index (χ0v) is 15.5. The Kier molecular flexibility index (Phi) is 8.52. The summed E-state index contributed by atoms with van der Waals surface area (Å²) in [6.45, 7) is 2.57. The normalized spacial score (nSPS) is 15.4. The van der Waals surface area contributed by atoms with Crippen LogP contribution in [0.25, 0.3) is 0 Å². The molecule has 1 fully saturated rings. The Morgan fingerprint density at radius 1 is 1.21 bits per heavy atom. The number of carbonyl (C=O) groups is 1. The molecular formula is C16H26ClN3O3S. The molecule has 1 amide bonds. The lowest BCUT2D eigenvalue weighted by Gasteiger charge is -2.22. The van der Waals surface area contributed by atoms with Gasteiger partial charge in [-0.25, -0.2) is 8.42 Å². The first kappa shape index (κ1) is 20.7. The van der Waals surface area contributed by atoms with Gasteiger partial charge in [-0.3, -0.25) is 9.52 Å². The highest BCUT2D eigenvalue weighted by atomic mass is 35.5. The molecule has 1 saturated heterocycles. The van der Waals surface area contributed by atoms with Crippen molar-refractivity contribution < 1.29 is 13.2 Å². The van der Waals surface area contributed by atoms with Crippen molar-refractivity contribution in [3.8, 4) is 0 Å². The summed E-state index contributed by atoms with van der Waals surface area (Å²) >= 11 is 0. The van der Waals surface area contributed by atoms with Crippen LogP contribution in [-0.2, 0) is 21.4 Å². The van der Waals surface area contributed by atoms with Crippen molar-refractivity contribution in [1.29, 1.82) is 0 Å². The lowest BCUT2D eigenvalue weighted by molar-refractivity contribution is -0.121. The summed E-state index contributed by atoms with van der Waals surface area (Å²) in [5, 5.41) is 6.24. The van der Waals surface area contributed by atoms with E-state index in [1.807, 2.05) is 0 Å². The number of sulfonamides is 1. The molecule has 3 N–H and O–H groups in total. The van der Waals surface area contributed by atoms with Crippen LogP contribution < -0.4 is 15.4 Å². The van der Waals surface area contributed by atoms with E-state index in [-0.39, 0.29) is 18.3 Å². The number of amides is 1. The summed E-state index contributed by atoms with van der Waals surface area (Å²) < 4.78 is 24.7. The molecule has 0 aromatic heterocycles. The summed E-state index contributed by atoms with van der Waals surface area (Å²) in [5.41, 5.74) is 1.47. The average molecular weight is 376 g/mol. The van der Waals surface area contributed by atoms with Crippen LogP contribution in [0.1, 0.15) is 31.2 Å². The predicted octanol–water partition coefficient (Wildman–Crippen LogP) is 1.88. The number of piperidine rings is 1. The zero-order valence-electron chi connectivity index (χ0n) is 13.9. The van der Waals surface area contributed by atoms with Crippen LogP contribution >= 0.6 is 12.4 Å². The first-order chi connectivity index (χ1) is 10.9. The molecule has 1 aromatic rings. The largest absolute Gasteiger partial charge is 0.352 e. The molecule has 0 unspecified atom stereocenters. The molecule has 1 aromatic carbocycles. The highest BCUT2D eigenvalue weighted by Gasteiger charge is 2.14. The summed E-state index contributed by atoms with van der Waals surface area (Å²) in [5.74, 6) is 0.727. The van der Waals surface area contributed by atoms with Gasteiger partial charge < -0.3 is 10.6 Å². The van der Waals surface area contributed by atoms with E-state index in [2.05, 4.69) is 15.4 Å². The van der Waals surface area contributed by atoms with Gasteiger partial charge in [-0.15, -0.1) is 12.4 Å². The Bertz CT molecular complexity index is 614. The van der Waals surface area contributed by atoms with Gasteiger partial charge in [-0.05, 0) is 56.0 Å². The van der Waals surface area contributed by atoms with Crippen LogP contribution in [0.2, 0.25) is 0 Å². The molecule has 6 nitrogen and oxygen atoms in total. The van der Waals surface area contributed by atoms with Crippen molar-refractivity contribution in [2.75, 3.05) is 24.1 Å². The van der Waals surface area contributed by atoms with Crippen molar-refractivity contribution in [1.82, 2.24) is 10.6 Å². The third-order valence-electron chi connectivity index (χ3n) is 3.99.